The predicted molar refractivity (Wildman–Crippen MR) is 102 cm³/mol. The second-order valence-corrected chi connectivity index (χ2v) is 7.15. The fourth-order valence-corrected chi connectivity index (χ4v) is 3.74. The maximum atomic E-state index is 12.6. The van der Waals surface area contributed by atoms with Crippen LogP contribution in [0.3, 0.4) is 0 Å². The molecule has 5 nitrogen and oxygen atoms in total. The first-order valence-corrected chi connectivity index (χ1v) is 9.29. The summed E-state index contributed by atoms with van der Waals surface area (Å²) in [6, 6.07) is 18.0. The number of carbonyl (C=O) groups is 2. The van der Waals surface area contributed by atoms with Crippen LogP contribution in [-0.4, -0.2) is 23.7 Å². The number of hydrogen-bond acceptors (Lipinski definition) is 3. The third-order valence-corrected chi connectivity index (χ3v) is 5.21. The average molecular weight is 367 g/mol. The number of rotatable bonds is 5. The number of imide groups is 1. The van der Waals surface area contributed by atoms with E-state index < -0.39 is 17.9 Å². The molecule has 27 heavy (non-hydrogen) atoms. The third kappa shape index (κ3) is 5.17. The Morgan fingerprint density at radius 2 is 1.85 bits per heavy atom. The summed E-state index contributed by atoms with van der Waals surface area (Å²) in [7, 11) is 0. The number of ether oxygens (including phenoxy) is 1. The lowest BCUT2D eigenvalue weighted by molar-refractivity contribution is -0.128. The zero-order chi connectivity index (χ0) is 19.2. The van der Waals surface area contributed by atoms with Crippen LogP contribution in [0.2, 0.25) is 0 Å². The van der Waals surface area contributed by atoms with Crippen molar-refractivity contribution < 1.29 is 19.4 Å². The highest BCUT2D eigenvalue weighted by atomic mass is 16.5. The molecule has 0 radical (unpaired) electrons. The highest BCUT2D eigenvalue weighted by Crippen LogP contribution is 2.37. The summed E-state index contributed by atoms with van der Waals surface area (Å²) in [5, 5.41) is 11.1. The van der Waals surface area contributed by atoms with Crippen molar-refractivity contribution in [2.45, 2.75) is 32.3 Å². The Hall–Kier alpha value is -2.66. The maximum Gasteiger partial charge on any atom is 0.411 e. The van der Waals surface area contributed by atoms with E-state index >= 15 is 0 Å². The molecule has 2 amide bonds. The number of carboxylic acid groups (broad SMARTS) is 1. The molecule has 1 saturated heterocycles. The summed E-state index contributed by atoms with van der Waals surface area (Å²) in [5.41, 5.74) is 3.32. The Balaban J connectivity index is 1.78. The van der Waals surface area contributed by atoms with E-state index in [4.69, 9.17) is 9.84 Å². The van der Waals surface area contributed by atoms with Gasteiger partial charge in [0.2, 0.25) is 5.91 Å². The molecule has 0 saturated carbocycles. The Bertz CT molecular complexity index is 773. The van der Waals surface area contributed by atoms with Crippen molar-refractivity contribution in [3.05, 3.63) is 71.3 Å². The monoisotopic (exact) mass is 367 g/mol. The Morgan fingerprint density at radius 1 is 1.15 bits per heavy atom. The van der Waals surface area contributed by atoms with Crippen LogP contribution in [-0.2, 0) is 16.0 Å². The third-order valence-electron chi connectivity index (χ3n) is 5.21. The Kier molecular flexibility index (Phi) is 6.24. The van der Waals surface area contributed by atoms with Crippen LogP contribution in [0, 0.1) is 18.8 Å². The summed E-state index contributed by atoms with van der Waals surface area (Å²) in [4.78, 5) is 23.6. The van der Waals surface area contributed by atoms with Gasteiger partial charge in [-0.2, -0.15) is 0 Å². The van der Waals surface area contributed by atoms with E-state index in [1.54, 1.807) is 0 Å². The van der Waals surface area contributed by atoms with Gasteiger partial charge in [-0.3, -0.25) is 10.1 Å². The molecule has 3 unspecified atom stereocenters. The first-order chi connectivity index (χ1) is 13.0. The number of amides is 2. The molecule has 142 valence electrons. The molecule has 2 aromatic rings. The normalized spacial score (nSPS) is 20.6. The summed E-state index contributed by atoms with van der Waals surface area (Å²) < 4.78 is 5.95. The number of aryl methyl sites for hydroxylation is 1. The number of benzene rings is 2. The smallest absolute Gasteiger partial charge is 0.411 e. The molecular weight excluding hydrogens is 342 g/mol. The van der Waals surface area contributed by atoms with Gasteiger partial charge < -0.3 is 9.84 Å². The Labute approximate surface area is 159 Å². The van der Waals surface area contributed by atoms with Gasteiger partial charge in [0.25, 0.3) is 0 Å². The maximum absolute atomic E-state index is 12.6. The lowest BCUT2D eigenvalue weighted by Gasteiger charge is -2.34. The molecule has 5 heteroatoms. The van der Waals surface area contributed by atoms with E-state index in [0.717, 1.165) is 17.5 Å². The standard InChI is InChI=1S/C22H25NO4/c1-15-7-9-17(10-8-15)20-14-18(11-12-27-20)19(21(24)23-22(25)26)13-16-5-3-2-4-6-16/h2-10,18-20H,11-14H2,1H3,(H,23,24)(H,25,26). The molecule has 0 spiro atoms. The van der Waals surface area contributed by atoms with E-state index in [-0.39, 0.29) is 12.0 Å². The van der Waals surface area contributed by atoms with Gasteiger partial charge in [-0.05, 0) is 43.2 Å². The molecule has 1 aliphatic rings. The second-order valence-electron chi connectivity index (χ2n) is 7.15. The molecule has 0 aromatic heterocycles. The van der Waals surface area contributed by atoms with Crippen molar-refractivity contribution in [1.82, 2.24) is 5.32 Å². The molecule has 2 aromatic carbocycles. The number of nitrogens with one attached hydrogen (secondary N) is 1. The molecule has 0 aliphatic carbocycles. The van der Waals surface area contributed by atoms with Crippen LogP contribution in [0.1, 0.15) is 35.6 Å². The summed E-state index contributed by atoms with van der Waals surface area (Å²) in [6.45, 7) is 2.61. The first kappa shape index (κ1) is 19.1. The van der Waals surface area contributed by atoms with Crippen LogP contribution in [0.15, 0.2) is 54.6 Å². The van der Waals surface area contributed by atoms with Crippen LogP contribution in [0.5, 0.6) is 0 Å². The molecule has 3 rings (SSSR count). The Morgan fingerprint density at radius 3 is 2.52 bits per heavy atom. The van der Waals surface area contributed by atoms with Gasteiger partial charge in [-0.1, -0.05) is 60.2 Å². The molecule has 2 N–H and O–H groups in total. The molecule has 3 atom stereocenters. The lowest BCUT2D eigenvalue weighted by atomic mass is 9.78. The number of hydrogen-bond donors (Lipinski definition) is 2. The van der Waals surface area contributed by atoms with Gasteiger partial charge in [0.1, 0.15) is 0 Å². The highest BCUT2D eigenvalue weighted by Gasteiger charge is 2.34. The van der Waals surface area contributed by atoms with E-state index in [0.29, 0.717) is 19.4 Å². The molecule has 1 heterocycles. The van der Waals surface area contributed by atoms with Crippen LogP contribution in [0.25, 0.3) is 0 Å². The summed E-state index contributed by atoms with van der Waals surface area (Å²) in [5.74, 6) is -0.772. The van der Waals surface area contributed by atoms with Gasteiger partial charge in [-0.25, -0.2) is 4.79 Å². The molecule has 1 fully saturated rings. The van der Waals surface area contributed by atoms with Gasteiger partial charge in [0.05, 0.1) is 6.10 Å². The van der Waals surface area contributed by atoms with Crippen molar-refractivity contribution in [3.8, 4) is 0 Å². The van der Waals surface area contributed by atoms with Crippen molar-refractivity contribution in [2.75, 3.05) is 6.61 Å². The minimum Gasteiger partial charge on any atom is -0.465 e. The van der Waals surface area contributed by atoms with Crippen LogP contribution in [0.4, 0.5) is 4.79 Å². The quantitative estimate of drug-likeness (QED) is 0.834. The highest BCUT2D eigenvalue weighted by molar-refractivity contribution is 5.92. The largest absolute Gasteiger partial charge is 0.465 e. The minimum atomic E-state index is -1.31. The van der Waals surface area contributed by atoms with Crippen LogP contribution < -0.4 is 5.32 Å². The fourth-order valence-electron chi connectivity index (χ4n) is 3.74. The molecule has 0 bridgehead atoms. The zero-order valence-electron chi connectivity index (χ0n) is 15.4. The van der Waals surface area contributed by atoms with Crippen molar-refractivity contribution in [2.24, 2.45) is 11.8 Å². The second kappa shape index (κ2) is 8.82. The van der Waals surface area contributed by atoms with Gasteiger partial charge >= 0.3 is 6.09 Å². The lowest BCUT2D eigenvalue weighted by Crippen LogP contribution is -2.41. The van der Waals surface area contributed by atoms with E-state index in [1.807, 2.05) is 37.3 Å². The minimum absolute atomic E-state index is 0.0598. The topological polar surface area (TPSA) is 75.6 Å². The van der Waals surface area contributed by atoms with Crippen molar-refractivity contribution >= 4 is 12.0 Å². The van der Waals surface area contributed by atoms with Crippen molar-refractivity contribution in [1.29, 1.82) is 0 Å². The predicted octanol–water partition coefficient (Wildman–Crippen LogP) is 4.12. The summed E-state index contributed by atoms with van der Waals surface area (Å²) in [6.07, 6.45) is 0.589. The average Bonchev–Trinajstić information content (AvgIpc) is 2.67. The molecular formula is C22H25NO4. The van der Waals surface area contributed by atoms with E-state index in [9.17, 15) is 9.59 Å². The van der Waals surface area contributed by atoms with Crippen LogP contribution >= 0.6 is 0 Å². The summed E-state index contributed by atoms with van der Waals surface area (Å²) >= 11 is 0. The first-order valence-electron chi connectivity index (χ1n) is 9.29. The molecule has 1 aliphatic heterocycles. The zero-order valence-corrected chi connectivity index (χ0v) is 15.4. The van der Waals surface area contributed by atoms with Gasteiger partial charge in [0, 0.05) is 12.5 Å². The van der Waals surface area contributed by atoms with Gasteiger partial charge in [-0.15, -0.1) is 0 Å². The fraction of sp³-hybridized carbons (Fsp3) is 0.364. The van der Waals surface area contributed by atoms with E-state index in [2.05, 4.69) is 29.6 Å². The SMILES string of the molecule is Cc1ccc(C2CC(C(Cc3ccccc3)C(=O)NC(=O)O)CCO2)cc1. The van der Waals surface area contributed by atoms with Crippen molar-refractivity contribution in [3.63, 3.8) is 0 Å². The number of carbonyl (C=O) groups excluding carboxylic acids is 1. The van der Waals surface area contributed by atoms with Gasteiger partial charge in [0.15, 0.2) is 0 Å². The van der Waals surface area contributed by atoms with E-state index in [1.165, 1.54) is 5.56 Å².